The Morgan fingerprint density at radius 3 is 2.29 bits per heavy atom. The molecule has 0 aromatic heterocycles. The zero-order valence-corrected chi connectivity index (χ0v) is 7.87. The fourth-order valence-corrected chi connectivity index (χ4v) is 0.615. The van der Waals surface area contributed by atoms with E-state index >= 15 is 0 Å². The summed E-state index contributed by atoms with van der Waals surface area (Å²) in [6, 6.07) is -0.753. The molecule has 0 fully saturated rings. The summed E-state index contributed by atoms with van der Waals surface area (Å²) < 4.78 is 0. The zero-order chi connectivity index (χ0) is 11.1. The summed E-state index contributed by atoms with van der Waals surface area (Å²) in [4.78, 5) is 32.2. The molecule has 0 unspecified atom stereocenters. The molecule has 7 nitrogen and oxygen atoms in total. The van der Waals surface area contributed by atoms with Gasteiger partial charge in [0, 0.05) is 0 Å². The van der Waals surface area contributed by atoms with Gasteiger partial charge in [0.05, 0.1) is 13.1 Å². The van der Waals surface area contributed by atoms with E-state index in [1.165, 1.54) is 6.92 Å². The van der Waals surface area contributed by atoms with Gasteiger partial charge in [-0.3, -0.25) is 14.4 Å². The minimum absolute atomic E-state index is 0.182. The number of rotatable bonds is 5. The summed E-state index contributed by atoms with van der Waals surface area (Å²) in [5.74, 6) is -1.56. The fraction of sp³-hybridized carbons (Fsp3) is 0.571. The number of hydrogen-bond donors (Lipinski definition) is 4. The van der Waals surface area contributed by atoms with Crippen LogP contribution in [-0.2, 0) is 14.4 Å². The van der Waals surface area contributed by atoms with E-state index in [4.69, 9.17) is 11.5 Å². The van der Waals surface area contributed by atoms with Crippen molar-refractivity contribution in [1.29, 1.82) is 0 Å². The molecular weight excluding hydrogens is 188 g/mol. The van der Waals surface area contributed by atoms with Crippen molar-refractivity contribution in [2.45, 2.75) is 13.0 Å². The fourth-order valence-electron chi connectivity index (χ4n) is 0.615. The normalized spacial score (nSPS) is 11.6. The maximum absolute atomic E-state index is 11.0. The van der Waals surface area contributed by atoms with Gasteiger partial charge in [0.15, 0.2) is 0 Å². The van der Waals surface area contributed by atoms with Crippen LogP contribution in [0.25, 0.3) is 0 Å². The summed E-state index contributed by atoms with van der Waals surface area (Å²) in [6.45, 7) is 1.05. The third-order valence-electron chi connectivity index (χ3n) is 1.44. The van der Waals surface area contributed by atoms with E-state index in [2.05, 4.69) is 10.6 Å². The Bertz CT molecular complexity index is 241. The lowest BCUT2D eigenvalue weighted by molar-refractivity contribution is -0.128. The van der Waals surface area contributed by atoms with Crippen LogP contribution >= 0.6 is 0 Å². The molecule has 0 aliphatic rings. The molecule has 0 aliphatic heterocycles. The second kappa shape index (κ2) is 5.92. The van der Waals surface area contributed by atoms with Crippen LogP contribution in [0, 0.1) is 0 Å². The molecule has 80 valence electrons. The third-order valence-corrected chi connectivity index (χ3v) is 1.44. The van der Waals surface area contributed by atoms with Crippen molar-refractivity contribution >= 4 is 17.7 Å². The lowest BCUT2D eigenvalue weighted by atomic mass is 10.3. The van der Waals surface area contributed by atoms with Gasteiger partial charge in [0.1, 0.15) is 6.04 Å². The predicted octanol–water partition coefficient (Wildman–Crippen LogP) is -2.95. The summed E-state index contributed by atoms with van der Waals surface area (Å²) in [5.41, 5.74) is 9.90. The van der Waals surface area contributed by atoms with E-state index in [9.17, 15) is 14.4 Å². The monoisotopic (exact) mass is 202 g/mol. The number of nitrogens with one attached hydrogen (secondary N) is 2. The Balaban J connectivity index is 3.76. The lowest BCUT2D eigenvalue weighted by Gasteiger charge is -2.10. The largest absolute Gasteiger partial charge is 0.368 e. The first kappa shape index (κ1) is 12.4. The molecule has 14 heavy (non-hydrogen) atoms. The average Bonchev–Trinajstić information content (AvgIpc) is 2.13. The minimum Gasteiger partial charge on any atom is -0.368 e. The number of nitrogens with two attached hydrogens (primary N) is 2. The van der Waals surface area contributed by atoms with Crippen LogP contribution < -0.4 is 22.1 Å². The quantitative estimate of drug-likeness (QED) is 0.380. The number of hydrogen-bond acceptors (Lipinski definition) is 4. The number of amides is 3. The van der Waals surface area contributed by atoms with E-state index in [1.54, 1.807) is 0 Å². The van der Waals surface area contributed by atoms with Crippen molar-refractivity contribution in [3.05, 3.63) is 0 Å². The number of carbonyl (C=O) groups excluding carboxylic acids is 3. The van der Waals surface area contributed by atoms with Crippen LogP contribution in [0.4, 0.5) is 0 Å². The van der Waals surface area contributed by atoms with Gasteiger partial charge in [-0.15, -0.1) is 0 Å². The first-order chi connectivity index (χ1) is 6.47. The maximum Gasteiger partial charge on any atom is 0.240 e. The van der Waals surface area contributed by atoms with Crippen LogP contribution in [0.15, 0.2) is 0 Å². The molecule has 7 heteroatoms. The lowest BCUT2D eigenvalue weighted by Crippen LogP contribution is -2.46. The van der Waals surface area contributed by atoms with Gasteiger partial charge in [0.2, 0.25) is 17.7 Å². The van der Waals surface area contributed by atoms with Crippen molar-refractivity contribution < 1.29 is 14.4 Å². The summed E-state index contributed by atoms with van der Waals surface area (Å²) in [5, 5.41) is 4.54. The van der Waals surface area contributed by atoms with Gasteiger partial charge in [-0.05, 0) is 6.92 Å². The van der Waals surface area contributed by atoms with E-state index in [-0.39, 0.29) is 13.1 Å². The summed E-state index contributed by atoms with van der Waals surface area (Å²) in [6.07, 6.45) is 0. The second-order valence-corrected chi connectivity index (χ2v) is 2.67. The molecule has 0 spiro atoms. The topological polar surface area (TPSA) is 127 Å². The van der Waals surface area contributed by atoms with Crippen LogP contribution in [0.2, 0.25) is 0 Å². The van der Waals surface area contributed by atoms with Gasteiger partial charge in [0.25, 0.3) is 0 Å². The van der Waals surface area contributed by atoms with E-state index in [1.807, 2.05) is 0 Å². The van der Waals surface area contributed by atoms with Crippen molar-refractivity contribution in [3.63, 3.8) is 0 Å². The molecule has 0 radical (unpaired) electrons. The van der Waals surface area contributed by atoms with Crippen molar-refractivity contribution in [2.75, 3.05) is 13.1 Å². The zero-order valence-electron chi connectivity index (χ0n) is 7.87. The molecule has 1 atom stereocenters. The molecule has 0 aromatic carbocycles. The third kappa shape index (κ3) is 5.09. The molecule has 0 heterocycles. The van der Waals surface area contributed by atoms with E-state index in [0.29, 0.717) is 0 Å². The molecule has 3 amide bonds. The van der Waals surface area contributed by atoms with Gasteiger partial charge in [-0.2, -0.15) is 0 Å². The predicted molar refractivity (Wildman–Crippen MR) is 48.9 cm³/mol. The molecule has 0 bridgehead atoms. The first-order valence-corrected chi connectivity index (χ1v) is 4.02. The molecule has 0 saturated heterocycles. The van der Waals surface area contributed by atoms with E-state index < -0.39 is 23.8 Å². The number of primary amides is 1. The van der Waals surface area contributed by atoms with Crippen molar-refractivity contribution in [2.24, 2.45) is 11.5 Å². The van der Waals surface area contributed by atoms with Crippen LogP contribution in [0.1, 0.15) is 6.92 Å². The van der Waals surface area contributed by atoms with Crippen LogP contribution in [0.5, 0.6) is 0 Å². The highest BCUT2D eigenvalue weighted by molar-refractivity contribution is 5.89. The average molecular weight is 202 g/mol. The molecular formula is C7H14N4O3. The summed E-state index contributed by atoms with van der Waals surface area (Å²) >= 11 is 0. The Labute approximate surface area is 81.2 Å². The highest BCUT2D eigenvalue weighted by Gasteiger charge is 2.11. The Hall–Kier alpha value is -1.63. The minimum atomic E-state index is -0.753. The number of carbonyl (C=O) groups is 3. The Morgan fingerprint density at radius 2 is 1.86 bits per heavy atom. The highest BCUT2D eigenvalue weighted by Crippen LogP contribution is 1.77. The van der Waals surface area contributed by atoms with Crippen molar-refractivity contribution in [3.8, 4) is 0 Å². The van der Waals surface area contributed by atoms with Gasteiger partial charge in [-0.25, -0.2) is 0 Å². The van der Waals surface area contributed by atoms with Gasteiger partial charge >= 0.3 is 0 Å². The van der Waals surface area contributed by atoms with Gasteiger partial charge in [-0.1, -0.05) is 0 Å². The van der Waals surface area contributed by atoms with Crippen molar-refractivity contribution in [1.82, 2.24) is 10.6 Å². The molecule has 0 aliphatic carbocycles. The van der Waals surface area contributed by atoms with Gasteiger partial charge < -0.3 is 22.1 Å². The highest BCUT2D eigenvalue weighted by atomic mass is 16.2. The SMILES string of the molecule is C[C@H](NC(=O)CNC(=O)CN)C(N)=O. The Kier molecular flexibility index (Phi) is 5.23. The molecule has 6 N–H and O–H groups in total. The van der Waals surface area contributed by atoms with E-state index in [0.717, 1.165) is 0 Å². The second-order valence-electron chi connectivity index (χ2n) is 2.67. The molecule has 0 rings (SSSR count). The standard InChI is InChI=1S/C7H14N4O3/c1-4(7(9)14)11-6(13)3-10-5(12)2-8/h4H,2-3,8H2,1H3,(H2,9,14)(H,10,12)(H,11,13)/t4-/m0/s1. The van der Waals surface area contributed by atoms with Crippen LogP contribution in [0.3, 0.4) is 0 Å². The smallest absolute Gasteiger partial charge is 0.240 e. The molecule has 0 saturated carbocycles. The molecule has 0 aromatic rings. The Morgan fingerprint density at radius 1 is 1.29 bits per heavy atom. The summed E-state index contributed by atoms with van der Waals surface area (Å²) in [7, 11) is 0. The van der Waals surface area contributed by atoms with Crippen LogP contribution in [-0.4, -0.2) is 36.9 Å². The maximum atomic E-state index is 11.0. The first-order valence-electron chi connectivity index (χ1n) is 4.02.